The summed E-state index contributed by atoms with van der Waals surface area (Å²) in [7, 11) is -2.48. The fourth-order valence-corrected chi connectivity index (χ4v) is 4.21. The molecule has 0 atom stereocenters. The van der Waals surface area contributed by atoms with Gasteiger partial charge in [-0.1, -0.05) is 32.0 Å². The molecule has 2 amide bonds. The van der Waals surface area contributed by atoms with Crippen molar-refractivity contribution in [2.24, 2.45) is 0 Å². The number of carbonyl (C=O) groups is 2. The minimum Gasteiger partial charge on any atom is -0.495 e. The van der Waals surface area contributed by atoms with Crippen LogP contribution in [0.1, 0.15) is 34.6 Å². The Bertz CT molecular complexity index is 941. The summed E-state index contributed by atoms with van der Waals surface area (Å²) in [5.41, 5.74) is 5.03. The molecule has 8 nitrogen and oxygen atoms in total. The number of hydrogen-bond donors (Lipinski definition) is 2. The van der Waals surface area contributed by atoms with Crippen molar-refractivity contribution in [3.05, 3.63) is 59.7 Å². The van der Waals surface area contributed by atoms with Crippen LogP contribution in [0.4, 0.5) is 0 Å². The van der Waals surface area contributed by atoms with Crippen LogP contribution < -0.4 is 15.6 Å². The molecule has 0 radical (unpaired) electrons. The quantitative estimate of drug-likeness (QED) is 0.684. The van der Waals surface area contributed by atoms with Gasteiger partial charge in [0, 0.05) is 24.2 Å². The average molecular weight is 405 g/mol. The average Bonchev–Trinajstić information content (AvgIpc) is 2.72. The second-order valence-corrected chi connectivity index (χ2v) is 7.64. The molecule has 28 heavy (non-hydrogen) atoms. The number of sulfonamides is 1. The molecule has 9 heteroatoms. The van der Waals surface area contributed by atoms with E-state index >= 15 is 0 Å². The minimum absolute atomic E-state index is 0.0693. The lowest BCUT2D eigenvalue weighted by atomic mass is 10.2. The normalized spacial score (nSPS) is 11.1. The molecule has 0 bridgehead atoms. The maximum atomic E-state index is 12.8. The van der Waals surface area contributed by atoms with Gasteiger partial charge in [0.15, 0.2) is 0 Å². The molecule has 0 aliphatic rings. The zero-order chi connectivity index (χ0) is 20.7. The van der Waals surface area contributed by atoms with Crippen LogP contribution in [0.15, 0.2) is 53.4 Å². The summed E-state index contributed by atoms with van der Waals surface area (Å²) in [6.07, 6.45) is 0. The summed E-state index contributed by atoms with van der Waals surface area (Å²) in [4.78, 5) is 24.3. The first-order valence-electron chi connectivity index (χ1n) is 8.69. The maximum Gasteiger partial charge on any atom is 0.269 e. The van der Waals surface area contributed by atoms with Crippen LogP contribution in [0, 0.1) is 0 Å². The number of nitrogens with one attached hydrogen (secondary N) is 2. The van der Waals surface area contributed by atoms with Gasteiger partial charge in [0.2, 0.25) is 10.0 Å². The van der Waals surface area contributed by atoms with Crippen molar-refractivity contribution < 1.29 is 22.7 Å². The third-order valence-corrected chi connectivity index (χ3v) is 6.15. The molecule has 0 spiro atoms. The second-order valence-electron chi connectivity index (χ2n) is 5.73. The van der Waals surface area contributed by atoms with Crippen LogP contribution >= 0.6 is 0 Å². The van der Waals surface area contributed by atoms with Crippen molar-refractivity contribution in [1.29, 1.82) is 0 Å². The Morgan fingerprint density at radius 2 is 1.50 bits per heavy atom. The molecule has 0 fully saturated rings. The fraction of sp³-hybridized carbons (Fsp3) is 0.263. The van der Waals surface area contributed by atoms with E-state index in [-0.39, 0.29) is 29.3 Å². The number of nitrogens with zero attached hydrogens (tertiary/aromatic N) is 1. The largest absolute Gasteiger partial charge is 0.495 e. The molecule has 2 N–H and O–H groups in total. The van der Waals surface area contributed by atoms with E-state index in [0.717, 1.165) is 0 Å². The zero-order valence-electron chi connectivity index (χ0n) is 15.9. The van der Waals surface area contributed by atoms with Gasteiger partial charge in [-0.15, -0.1) is 0 Å². The minimum atomic E-state index is -3.83. The highest BCUT2D eigenvalue weighted by molar-refractivity contribution is 7.89. The highest BCUT2D eigenvalue weighted by atomic mass is 32.2. The van der Waals surface area contributed by atoms with Crippen LogP contribution in [0.3, 0.4) is 0 Å². The Hall–Kier alpha value is -2.91. The Balaban J connectivity index is 2.24. The first-order chi connectivity index (χ1) is 13.3. The van der Waals surface area contributed by atoms with E-state index in [0.29, 0.717) is 5.56 Å². The smallest absolute Gasteiger partial charge is 0.269 e. The first kappa shape index (κ1) is 21.4. The molecule has 150 valence electrons. The van der Waals surface area contributed by atoms with Crippen LogP contribution in [-0.4, -0.2) is 44.7 Å². The van der Waals surface area contributed by atoms with Crippen LogP contribution in [0.25, 0.3) is 0 Å². The Morgan fingerprint density at radius 3 is 2.04 bits per heavy atom. The standard InChI is InChI=1S/C19H23N3O5S/c1-4-22(5-2)28(25,26)17-13-15(11-12-16(17)27-3)19(24)21-20-18(23)14-9-7-6-8-10-14/h6-13H,4-5H2,1-3H3,(H,20,23)(H,21,24). The van der Waals surface area contributed by atoms with E-state index in [1.807, 2.05) is 0 Å². The van der Waals surface area contributed by atoms with E-state index in [1.54, 1.807) is 44.2 Å². The molecular weight excluding hydrogens is 382 g/mol. The van der Waals surface area contributed by atoms with Gasteiger partial charge in [-0.25, -0.2) is 8.42 Å². The summed E-state index contributed by atoms with van der Waals surface area (Å²) in [5.74, 6) is -1.00. The fourth-order valence-electron chi connectivity index (χ4n) is 2.57. The highest BCUT2D eigenvalue weighted by Crippen LogP contribution is 2.27. The first-order valence-corrected chi connectivity index (χ1v) is 10.1. The molecule has 2 rings (SSSR count). The van der Waals surface area contributed by atoms with E-state index < -0.39 is 21.8 Å². The third-order valence-electron chi connectivity index (χ3n) is 4.07. The van der Waals surface area contributed by atoms with Crippen molar-refractivity contribution in [1.82, 2.24) is 15.2 Å². The molecule has 0 saturated heterocycles. The van der Waals surface area contributed by atoms with Crippen LogP contribution in [0.5, 0.6) is 5.75 Å². The summed E-state index contributed by atoms with van der Waals surface area (Å²) >= 11 is 0. The number of hydrogen-bond acceptors (Lipinski definition) is 5. The maximum absolute atomic E-state index is 12.8. The van der Waals surface area contributed by atoms with Gasteiger partial charge in [0.25, 0.3) is 11.8 Å². The summed E-state index contributed by atoms with van der Waals surface area (Å²) in [6.45, 7) is 4.02. The van der Waals surface area contributed by atoms with E-state index in [4.69, 9.17) is 4.74 Å². The predicted molar refractivity (Wildman–Crippen MR) is 104 cm³/mol. The van der Waals surface area contributed by atoms with Gasteiger partial charge < -0.3 is 4.74 Å². The number of hydrazine groups is 1. The number of benzene rings is 2. The molecule has 0 aliphatic heterocycles. The SMILES string of the molecule is CCN(CC)S(=O)(=O)c1cc(C(=O)NNC(=O)c2ccccc2)ccc1OC. The second kappa shape index (κ2) is 9.34. The van der Waals surface area contributed by atoms with Crippen LogP contribution in [-0.2, 0) is 10.0 Å². The predicted octanol–water partition coefficient (Wildman–Crippen LogP) is 1.80. The van der Waals surface area contributed by atoms with E-state index in [2.05, 4.69) is 10.9 Å². The lowest BCUT2D eigenvalue weighted by Crippen LogP contribution is -2.41. The number of ether oxygens (including phenoxy) is 1. The van der Waals surface area contributed by atoms with Crippen molar-refractivity contribution in [3.8, 4) is 5.75 Å². The zero-order valence-corrected chi connectivity index (χ0v) is 16.7. The van der Waals surface area contributed by atoms with E-state index in [9.17, 15) is 18.0 Å². The highest BCUT2D eigenvalue weighted by Gasteiger charge is 2.26. The molecule has 0 aliphatic carbocycles. The van der Waals surface area contributed by atoms with Gasteiger partial charge >= 0.3 is 0 Å². The summed E-state index contributed by atoms with van der Waals surface area (Å²) in [5, 5.41) is 0. The molecule has 0 unspecified atom stereocenters. The summed E-state index contributed by atoms with van der Waals surface area (Å²) < 4.78 is 32.1. The lowest BCUT2D eigenvalue weighted by Gasteiger charge is -2.20. The van der Waals surface area contributed by atoms with Crippen molar-refractivity contribution >= 4 is 21.8 Å². The van der Waals surface area contributed by atoms with Gasteiger partial charge in [-0.05, 0) is 30.3 Å². The molecule has 2 aromatic carbocycles. The van der Waals surface area contributed by atoms with E-state index in [1.165, 1.54) is 29.6 Å². The van der Waals surface area contributed by atoms with Gasteiger partial charge in [-0.2, -0.15) is 4.31 Å². The number of amides is 2. The number of rotatable bonds is 7. The third kappa shape index (κ3) is 4.68. The molecule has 2 aromatic rings. The molecule has 0 aromatic heterocycles. The Labute approximate surface area is 164 Å². The lowest BCUT2D eigenvalue weighted by molar-refractivity contribution is 0.0846. The monoisotopic (exact) mass is 405 g/mol. The number of methoxy groups -OCH3 is 1. The van der Waals surface area contributed by atoms with Gasteiger partial charge in [0.1, 0.15) is 10.6 Å². The Morgan fingerprint density at radius 1 is 0.929 bits per heavy atom. The van der Waals surface area contributed by atoms with Gasteiger partial charge in [0.05, 0.1) is 7.11 Å². The van der Waals surface area contributed by atoms with Crippen molar-refractivity contribution in [2.45, 2.75) is 18.7 Å². The van der Waals surface area contributed by atoms with Crippen LogP contribution in [0.2, 0.25) is 0 Å². The van der Waals surface area contributed by atoms with Gasteiger partial charge in [-0.3, -0.25) is 20.4 Å². The summed E-state index contributed by atoms with van der Waals surface area (Å²) in [6, 6.07) is 12.4. The Kier molecular flexibility index (Phi) is 7.13. The molecule has 0 heterocycles. The van der Waals surface area contributed by atoms with Crippen molar-refractivity contribution in [3.63, 3.8) is 0 Å². The molecule has 0 saturated carbocycles. The van der Waals surface area contributed by atoms with Crippen molar-refractivity contribution in [2.75, 3.05) is 20.2 Å². The molecular formula is C19H23N3O5S. The topological polar surface area (TPSA) is 105 Å². The number of carbonyl (C=O) groups excluding carboxylic acids is 2.